The predicted molar refractivity (Wildman–Crippen MR) is 96.3 cm³/mol. The number of nitrogens with zero attached hydrogens (tertiary/aromatic N) is 1. The molecule has 5 nitrogen and oxygen atoms in total. The minimum atomic E-state index is -4.83. The number of benzene rings is 1. The van der Waals surface area contributed by atoms with Crippen molar-refractivity contribution in [3.05, 3.63) is 29.8 Å². The van der Waals surface area contributed by atoms with E-state index < -0.39 is 23.5 Å². The van der Waals surface area contributed by atoms with E-state index in [2.05, 4.69) is 14.8 Å². The van der Waals surface area contributed by atoms with Gasteiger partial charge in [-0.15, -0.1) is 13.2 Å². The molecule has 0 aromatic heterocycles. The molecular weight excluding hydrogens is 424 g/mol. The van der Waals surface area contributed by atoms with Crippen molar-refractivity contribution in [2.75, 3.05) is 32.7 Å². The first-order valence-electron chi connectivity index (χ1n) is 8.86. The molecule has 1 fully saturated rings. The summed E-state index contributed by atoms with van der Waals surface area (Å²) in [6, 6.07) is 4.84. The van der Waals surface area contributed by atoms with Crippen LogP contribution in [0.5, 0.6) is 5.75 Å². The number of alkyl halides is 6. The Bertz CT molecular complexity index is 663. The molecule has 1 heterocycles. The number of nitrogens with one attached hydrogen (secondary N) is 2. The van der Waals surface area contributed by atoms with Crippen LogP contribution in [0.25, 0.3) is 0 Å². The van der Waals surface area contributed by atoms with Crippen LogP contribution in [0.15, 0.2) is 24.3 Å². The van der Waals surface area contributed by atoms with Crippen molar-refractivity contribution in [3.63, 3.8) is 0 Å². The second-order valence-electron chi connectivity index (χ2n) is 6.51. The summed E-state index contributed by atoms with van der Waals surface area (Å²) < 4.78 is 79.0. The number of ether oxygens (including phenoxy) is 1. The largest absolute Gasteiger partial charge is 0.573 e. The zero-order valence-electron chi connectivity index (χ0n) is 15.3. The Morgan fingerprint density at radius 1 is 1.17 bits per heavy atom. The fourth-order valence-corrected chi connectivity index (χ4v) is 3.28. The molecule has 0 aliphatic carbocycles. The van der Waals surface area contributed by atoms with Gasteiger partial charge in [0.25, 0.3) is 5.91 Å². The number of carbonyl (C=O) groups is 1. The first kappa shape index (κ1) is 23.6. The molecule has 0 unspecified atom stereocenters. The lowest BCUT2D eigenvalue weighted by atomic mass is 9.96. The van der Waals surface area contributed by atoms with Crippen LogP contribution in [0, 0.1) is 5.92 Å². The average Bonchev–Trinajstić information content (AvgIpc) is 2.62. The fraction of sp³-hybridized carbons (Fsp3) is 0.588. The van der Waals surface area contributed by atoms with Gasteiger partial charge in [-0.3, -0.25) is 9.52 Å². The van der Waals surface area contributed by atoms with Gasteiger partial charge >= 0.3 is 11.9 Å². The van der Waals surface area contributed by atoms with Crippen LogP contribution in [0.1, 0.15) is 23.2 Å². The first-order chi connectivity index (χ1) is 13.5. The molecule has 0 radical (unpaired) electrons. The summed E-state index contributed by atoms with van der Waals surface area (Å²) in [5.41, 5.74) is -4.23. The zero-order valence-corrected chi connectivity index (χ0v) is 16.1. The van der Waals surface area contributed by atoms with Gasteiger partial charge in [0.15, 0.2) is 0 Å². The predicted octanol–water partition coefficient (Wildman–Crippen LogP) is 3.78. The van der Waals surface area contributed by atoms with Gasteiger partial charge in [0.1, 0.15) is 5.75 Å². The molecule has 1 amide bonds. The zero-order chi connectivity index (χ0) is 21.5. The molecule has 2 rings (SSSR count). The number of hydrogen-bond donors (Lipinski definition) is 2. The van der Waals surface area contributed by atoms with Crippen molar-refractivity contribution in [1.82, 2.24) is 14.9 Å². The minimum Gasteiger partial charge on any atom is -0.406 e. The van der Waals surface area contributed by atoms with E-state index in [1.54, 1.807) is 0 Å². The quantitative estimate of drug-likeness (QED) is 0.362. The molecule has 1 saturated heterocycles. The van der Waals surface area contributed by atoms with Crippen molar-refractivity contribution >= 4 is 17.9 Å². The number of piperidine rings is 1. The van der Waals surface area contributed by atoms with Crippen molar-refractivity contribution in [2.45, 2.75) is 24.7 Å². The number of halogens is 6. The van der Waals surface area contributed by atoms with Crippen LogP contribution >= 0.6 is 11.9 Å². The van der Waals surface area contributed by atoms with E-state index in [1.165, 1.54) is 12.1 Å². The minimum absolute atomic E-state index is 0.0671. The van der Waals surface area contributed by atoms with Crippen molar-refractivity contribution < 1.29 is 35.9 Å². The third-order valence-electron chi connectivity index (χ3n) is 4.31. The third-order valence-corrected chi connectivity index (χ3v) is 4.89. The molecule has 0 atom stereocenters. The van der Waals surface area contributed by atoms with Gasteiger partial charge in [-0.1, -0.05) is 6.07 Å². The topological polar surface area (TPSA) is 53.6 Å². The van der Waals surface area contributed by atoms with Crippen LogP contribution in [-0.4, -0.2) is 55.4 Å². The molecule has 0 bridgehead atoms. The SMILES string of the molecule is O=C(NCC1CCN(CCNSC(F)(F)F)CC1)c1cccc(OC(F)(F)F)c1. The maximum absolute atomic E-state index is 12.3. The Labute approximate surface area is 168 Å². The van der Waals surface area contributed by atoms with Crippen LogP contribution < -0.4 is 14.8 Å². The molecule has 1 aliphatic heterocycles. The molecule has 12 heteroatoms. The summed E-state index contributed by atoms with van der Waals surface area (Å²) in [5.74, 6) is -0.758. The second kappa shape index (κ2) is 10.4. The molecular formula is C17H21F6N3O2S. The molecule has 1 aromatic rings. The van der Waals surface area contributed by atoms with Crippen LogP contribution in [0.3, 0.4) is 0 Å². The van der Waals surface area contributed by atoms with E-state index in [1.807, 2.05) is 4.90 Å². The molecule has 1 aliphatic rings. The highest BCUT2D eigenvalue weighted by molar-refractivity contribution is 7.98. The molecule has 29 heavy (non-hydrogen) atoms. The Balaban J connectivity index is 1.68. The number of amides is 1. The standard InChI is InChI=1S/C17H21F6N3O2S/c18-16(19,20)28-14-3-1-2-13(10-14)15(27)24-11-12-4-7-26(8-5-12)9-6-25-29-17(21,22)23/h1-3,10,12,25H,4-9,11H2,(H,24,27). The Hall–Kier alpha value is -1.66. The van der Waals surface area contributed by atoms with E-state index in [-0.39, 0.29) is 30.0 Å². The van der Waals surface area contributed by atoms with Crippen molar-refractivity contribution in [2.24, 2.45) is 5.92 Å². The lowest BCUT2D eigenvalue weighted by molar-refractivity contribution is -0.274. The molecule has 2 N–H and O–H groups in total. The normalized spacial score (nSPS) is 16.6. The van der Waals surface area contributed by atoms with Gasteiger partial charge in [0.2, 0.25) is 0 Å². The van der Waals surface area contributed by atoms with E-state index in [9.17, 15) is 31.1 Å². The highest BCUT2D eigenvalue weighted by atomic mass is 32.2. The van der Waals surface area contributed by atoms with E-state index in [0.717, 1.165) is 25.0 Å². The van der Waals surface area contributed by atoms with E-state index in [0.29, 0.717) is 26.2 Å². The maximum atomic E-state index is 12.3. The Kier molecular flexibility index (Phi) is 8.46. The summed E-state index contributed by atoms with van der Waals surface area (Å²) in [6.45, 7) is 2.48. The molecule has 164 valence electrons. The van der Waals surface area contributed by atoms with Gasteiger partial charge < -0.3 is 15.0 Å². The van der Waals surface area contributed by atoms with Crippen LogP contribution in [0.4, 0.5) is 26.3 Å². The summed E-state index contributed by atoms with van der Waals surface area (Å²) in [5, 5.41) is 2.71. The highest BCUT2D eigenvalue weighted by Gasteiger charge is 2.31. The molecule has 0 spiro atoms. The highest BCUT2D eigenvalue weighted by Crippen LogP contribution is 2.27. The van der Waals surface area contributed by atoms with E-state index in [4.69, 9.17) is 0 Å². The number of likely N-dealkylation sites (tertiary alicyclic amines) is 1. The van der Waals surface area contributed by atoms with Gasteiger partial charge in [0, 0.05) is 37.1 Å². The van der Waals surface area contributed by atoms with Crippen LogP contribution in [-0.2, 0) is 0 Å². The van der Waals surface area contributed by atoms with Gasteiger partial charge in [-0.2, -0.15) is 13.2 Å². The summed E-state index contributed by atoms with van der Waals surface area (Å²) >= 11 is -0.260. The Morgan fingerprint density at radius 3 is 2.48 bits per heavy atom. The van der Waals surface area contributed by atoms with Gasteiger partial charge in [-0.05, 0) is 50.0 Å². The van der Waals surface area contributed by atoms with Crippen LogP contribution in [0.2, 0.25) is 0 Å². The lowest BCUT2D eigenvalue weighted by Gasteiger charge is -2.32. The molecule has 0 saturated carbocycles. The fourth-order valence-electron chi connectivity index (χ4n) is 2.92. The van der Waals surface area contributed by atoms with Crippen molar-refractivity contribution in [3.8, 4) is 5.75 Å². The second-order valence-corrected chi connectivity index (χ2v) is 7.47. The summed E-state index contributed by atoms with van der Waals surface area (Å²) in [4.78, 5) is 14.2. The third kappa shape index (κ3) is 9.59. The molecule has 1 aromatic carbocycles. The lowest BCUT2D eigenvalue weighted by Crippen LogP contribution is -2.40. The van der Waals surface area contributed by atoms with Crippen molar-refractivity contribution in [1.29, 1.82) is 0 Å². The number of hydrogen-bond acceptors (Lipinski definition) is 5. The van der Waals surface area contributed by atoms with Gasteiger partial charge in [0.05, 0.1) is 0 Å². The Morgan fingerprint density at radius 2 is 1.86 bits per heavy atom. The van der Waals surface area contributed by atoms with E-state index >= 15 is 0 Å². The summed E-state index contributed by atoms with van der Waals surface area (Å²) in [6.07, 6.45) is -3.29. The average molecular weight is 445 g/mol. The number of rotatable bonds is 8. The first-order valence-corrected chi connectivity index (χ1v) is 9.67. The monoisotopic (exact) mass is 445 g/mol. The summed E-state index contributed by atoms with van der Waals surface area (Å²) in [7, 11) is 0. The number of carbonyl (C=O) groups excluding carboxylic acids is 1. The maximum Gasteiger partial charge on any atom is 0.573 e. The smallest absolute Gasteiger partial charge is 0.406 e. The van der Waals surface area contributed by atoms with Gasteiger partial charge in [-0.25, -0.2) is 0 Å².